The molecule has 0 heterocycles. The van der Waals surface area contributed by atoms with E-state index in [0.29, 0.717) is 0 Å². The van der Waals surface area contributed by atoms with Crippen molar-refractivity contribution in [3.8, 4) is 0 Å². The van der Waals surface area contributed by atoms with Crippen LogP contribution in [0, 0.1) is 13.8 Å². The molecule has 0 saturated carbocycles. The van der Waals surface area contributed by atoms with Crippen LogP contribution < -0.4 is 22.9 Å². The lowest BCUT2D eigenvalue weighted by Crippen LogP contribution is -1.95. The molecule has 8 N–H and O–H groups in total. The predicted molar refractivity (Wildman–Crippen MR) is 115 cm³/mol. The molecule has 0 fully saturated rings. The van der Waals surface area contributed by atoms with E-state index in [9.17, 15) is 0 Å². The Morgan fingerprint density at radius 1 is 0.500 bits per heavy atom. The second kappa shape index (κ2) is 6.84. The molecule has 0 unspecified atom stereocenters. The molecule has 0 amide bonds. The fraction of sp³-hybridized carbons (Fsp3) is 0.0909. The number of aryl methyl sites for hydroxylation is 2. The zero-order valence-corrected chi connectivity index (χ0v) is 15.1. The molecule has 0 aliphatic rings. The van der Waals surface area contributed by atoms with Gasteiger partial charge in [0, 0.05) is 44.3 Å². The average Bonchev–Trinajstić information content (AvgIpc) is 2.64. The lowest BCUT2D eigenvalue weighted by atomic mass is 10.0. The molecule has 0 atom stereocenters. The van der Waals surface area contributed by atoms with Gasteiger partial charge in [-0.1, -0.05) is 48.5 Å². The highest BCUT2D eigenvalue weighted by Gasteiger charge is 2.03. The maximum atomic E-state index is 5.93. The van der Waals surface area contributed by atoms with Crippen molar-refractivity contribution in [2.24, 2.45) is 0 Å². The fourth-order valence-electron chi connectivity index (χ4n) is 3.09. The number of hydrogen-bond acceptors (Lipinski definition) is 4. The van der Waals surface area contributed by atoms with E-state index in [1.807, 2.05) is 74.5 Å². The van der Waals surface area contributed by atoms with Gasteiger partial charge in [0.25, 0.3) is 0 Å². The highest BCUT2D eigenvalue weighted by Crippen LogP contribution is 2.29. The molecule has 0 aliphatic heterocycles. The van der Waals surface area contributed by atoms with Crippen LogP contribution >= 0.6 is 0 Å². The first-order chi connectivity index (χ1) is 12.4. The fourth-order valence-corrected chi connectivity index (χ4v) is 3.09. The zero-order chi connectivity index (χ0) is 18.8. The Morgan fingerprint density at radius 3 is 1.73 bits per heavy atom. The molecule has 4 heteroatoms. The van der Waals surface area contributed by atoms with Crippen molar-refractivity contribution in [3.05, 3.63) is 71.8 Å². The Morgan fingerprint density at radius 2 is 1.04 bits per heavy atom. The maximum Gasteiger partial charge on any atom is 0.0424 e. The van der Waals surface area contributed by atoms with E-state index < -0.39 is 0 Å². The molecule has 0 spiro atoms. The minimum Gasteiger partial charge on any atom is -0.398 e. The van der Waals surface area contributed by atoms with Crippen LogP contribution in [0.2, 0.25) is 0 Å². The van der Waals surface area contributed by atoms with Gasteiger partial charge in [0.05, 0.1) is 0 Å². The topological polar surface area (TPSA) is 104 Å². The molecule has 0 radical (unpaired) electrons. The van der Waals surface area contributed by atoms with E-state index in [4.69, 9.17) is 22.9 Å². The smallest absolute Gasteiger partial charge is 0.0424 e. The Hall–Kier alpha value is -3.40. The molecular weight excluding hydrogens is 320 g/mol. The largest absolute Gasteiger partial charge is 0.398 e. The molecule has 132 valence electrons. The molecule has 0 aromatic heterocycles. The Kier molecular flexibility index (Phi) is 4.59. The highest BCUT2D eigenvalue weighted by atomic mass is 14.6. The summed E-state index contributed by atoms with van der Waals surface area (Å²) < 4.78 is 0. The number of nitrogen functional groups attached to an aromatic ring is 4. The number of fused-ring (bicyclic) bond motifs is 2. The molecule has 4 rings (SSSR count). The second-order valence-corrected chi connectivity index (χ2v) is 6.48. The van der Waals surface area contributed by atoms with Gasteiger partial charge in [0.1, 0.15) is 0 Å². The van der Waals surface area contributed by atoms with Gasteiger partial charge in [-0.3, -0.25) is 0 Å². The van der Waals surface area contributed by atoms with Crippen LogP contribution in [-0.4, -0.2) is 0 Å². The first-order valence-electron chi connectivity index (χ1n) is 8.46. The van der Waals surface area contributed by atoms with Crippen molar-refractivity contribution in [3.63, 3.8) is 0 Å². The molecule has 0 aliphatic carbocycles. The molecule has 0 bridgehead atoms. The molecule has 4 aromatic carbocycles. The number of hydrogen-bond donors (Lipinski definition) is 4. The number of anilines is 4. The van der Waals surface area contributed by atoms with E-state index >= 15 is 0 Å². The van der Waals surface area contributed by atoms with E-state index in [2.05, 4.69) is 0 Å². The van der Waals surface area contributed by atoms with Crippen LogP contribution in [0.25, 0.3) is 21.5 Å². The summed E-state index contributed by atoms with van der Waals surface area (Å²) in [7, 11) is 0. The Balaban J connectivity index is 0.000000151. The summed E-state index contributed by atoms with van der Waals surface area (Å²) in [6.07, 6.45) is 0. The van der Waals surface area contributed by atoms with Crippen LogP contribution in [0.3, 0.4) is 0 Å². The number of benzene rings is 4. The van der Waals surface area contributed by atoms with Crippen LogP contribution in [0.15, 0.2) is 60.7 Å². The third-order valence-corrected chi connectivity index (χ3v) is 4.68. The quantitative estimate of drug-likeness (QED) is 0.349. The summed E-state index contributed by atoms with van der Waals surface area (Å²) in [5.74, 6) is 0. The Bertz CT molecular complexity index is 1080. The molecule has 0 saturated heterocycles. The van der Waals surface area contributed by atoms with E-state index in [-0.39, 0.29) is 0 Å². The summed E-state index contributed by atoms with van der Waals surface area (Å²) in [4.78, 5) is 0. The average molecular weight is 344 g/mol. The third-order valence-electron chi connectivity index (χ3n) is 4.68. The summed E-state index contributed by atoms with van der Waals surface area (Å²) >= 11 is 0. The molecule has 4 nitrogen and oxygen atoms in total. The summed E-state index contributed by atoms with van der Waals surface area (Å²) in [5, 5.41) is 4.15. The van der Waals surface area contributed by atoms with Crippen LogP contribution in [-0.2, 0) is 0 Å². The second-order valence-electron chi connectivity index (χ2n) is 6.48. The van der Waals surface area contributed by atoms with Gasteiger partial charge in [-0.2, -0.15) is 0 Å². The van der Waals surface area contributed by atoms with Gasteiger partial charge in [0.15, 0.2) is 0 Å². The molecule has 4 aromatic rings. The summed E-state index contributed by atoms with van der Waals surface area (Å²) in [6, 6.07) is 19.6. The lowest BCUT2D eigenvalue weighted by molar-refractivity contribution is 1.50. The highest BCUT2D eigenvalue weighted by molar-refractivity contribution is 6.02. The van der Waals surface area contributed by atoms with E-state index in [1.165, 1.54) is 0 Å². The predicted octanol–water partition coefficient (Wildman–Crippen LogP) is 4.63. The standard InChI is InChI=1S/2C11H12N2/c1-7-5-6-8-9(11(7)13)3-2-4-10(8)12;1-7-6-10(12)8-4-2-3-5-9(8)11(7)13/h2*2-6H,12-13H2,1H3. The van der Waals surface area contributed by atoms with Gasteiger partial charge in [-0.05, 0) is 37.1 Å². The van der Waals surface area contributed by atoms with Crippen molar-refractivity contribution >= 4 is 44.3 Å². The normalized spacial score (nSPS) is 10.5. The molecule has 26 heavy (non-hydrogen) atoms. The Labute approximate surface area is 153 Å². The van der Waals surface area contributed by atoms with Gasteiger partial charge in [-0.25, -0.2) is 0 Å². The lowest BCUT2D eigenvalue weighted by Gasteiger charge is -2.07. The van der Waals surface area contributed by atoms with Crippen LogP contribution in [0.4, 0.5) is 22.7 Å². The summed E-state index contributed by atoms with van der Waals surface area (Å²) in [5.41, 5.74) is 28.9. The van der Waals surface area contributed by atoms with Crippen molar-refractivity contribution in [2.45, 2.75) is 13.8 Å². The molecular formula is C22H24N4. The van der Waals surface area contributed by atoms with Crippen molar-refractivity contribution in [1.29, 1.82) is 0 Å². The zero-order valence-electron chi connectivity index (χ0n) is 15.1. The first kappa shape index (κ1) is 17.4. The van der Waals surface area contributed by atoms with Gasteiger partial charge in [0.2, 0.25) is 0 Å². The van der Waals surface area contributed by atoms with E-state index in [0.717, 1.165) is 55.4 Å². The van der Waals surface area contributed by atoms with Crippen molar-refractivity contribution in [1.82, 2.24) is 0 Å². The first-order valence-corrected chi connectivity index (χ1v) is 8.46. The van der Waals surface area contributed by atoms with Gasteiger partial charge < -0.3 is 22.9 Å². The maximum absolute atomic E-state index is 5.93. The SMILES string of the molecule is Cc1cc(N)c2ccccc2c1N.Cc1ccc2c(N)cccc2c1N. The number of rotatable bonds is 0. The minimum absolute atomic E-state index is 0.782. The minimum atomic E-state index is 0.782. The van der Waals surface area contributed by atoms with E-state index in [1.54, 1.807) is 0 Å². The van der Waals surface area contributed by atoms with Crippen LogP contribution in [0.5, 0.6) is 0 Å². The monoisotopic (exact) mass is 344 g/mol. The summed E-state index contributed by atoms with van der Waals surface area (Å²) in [6.45, 7) is 3.97. The van der Waals surface area contributed by atoms with Gasteiger partial charge in [-0.15, -0.1) is 0 Å². The van der Waals surface area contributed by atoms with Crippen molar-refractivity contribution < 1.29 is 0 Å². The van der Waals surface area contributed by atoms with Crippen molar-refractivity contribution in [2.75, 3.05) is 22.9 Å². The third kappa shape index (κ3) is 3.09. The van der Waals surface area contributed by atoms with Gasteiger partial charge >= 0.3 is 0 Å². The number of nitrogens with two attached hydrogens (primary N) is 4. The van der Waals surface area contributed by atoms with Crippen LogP contribution in [0.1, 0.15) is 11.1 Å².